The standard InChI is InChI=1S/C10H13N2O2.C3H4O4.Pt/c11-5-9(13)7-12-6-8-3-1-2-4-10(8)14;4-2(5)1-3(6)7;/h1-4,6,9,11,13-14H,5,7H2;1H2,(H,4,5)(H,6,7);/q-1;;. The number of para-hydroxylation sites is 1. The molecule has 0 heterocycles. The molecule has 0 aliphatic rings. The number of aromatic hydroxyl groups is 1. The van der Waals surface area contributed by atoms with Crippen molar-refractivity contribution in [1.82, 2.24) is 0 Å². The van der Waals surface area contributed by atoms with Crippen LogP contribution in [0.3, 0.4) is 0 Å². The van der Waals surface area contributed by atoms with Crippen LogP contribution in [0, 0.1) is 0 Å². The molecule has 1 aromatic carbocycles. The molecule has 0 aliphatic carbocycles. The molecule has 0 bridgehead atoms. The summed E-state index contributed by atoms with van der Waals surface area (Å²) in [4.78, 5) is 22.8. The van der Waals surface area contributed by atoms with Crippen LogP contribution in [0.2, 0.25) is 0 Å². The minimum atomic E-state index is -1.31. The number of benzene rings is 1. The molecule has 126 valence electrons. The van der Waals surface area contributed by atoms with E-state index >= 15 is 0 Å². The SMILES string of the molecule is O=C(O)CC(=O)O.[NH-]CC(O)CN=Cc1ccccc1O.[Pt]. The number of nitrogens with zero attached hydrogens (tertiary/aromatic N) is 1. The van der Waals surface area contributed by atoms with E-state index in [-0.39, 0.29) is 39.9 Å². The summed E-state index contributed by atoms with van der Waals surface area (Å²) in [6, 6.07) is 6.82. The number of aliphatic hydroxyl groups is 1. The molecule has 0 fully saturated rings. The molecule has 5 N–H and O–H groups in total. The molecular formula is C13H17N2O6Pt-. The summed E-state index contributed by atoms with van der Waals surface area (Å²) in [5, 5.41) is 33.8. The maximum Gasteiger partial charge on any atom is 0.314 e. The zero-order valence-corrected chi connectivity index (χ0v) is 13.7. The third kappa shape index (κ3) is 12.0. The Morgan fingerprint density at radius 3 is 2.18 bits per heavy atom. The van der Waals surface area contributed by atoms with Crippen molar-refractivity contribution >= 4 is 18.2 Å². The minimum absolute atomic E-state index is 0. The van der Waals surface area contributed by atoms with E-state index in [1.54, 1.807) is 24.3 Å². The second-order valence-corrected chi connectivity index (χ2v) is 3.88. The van der Waals surface area contributed by atoms with Gasteiger partial charge in [-0.25, -0.2) is 0 Å². The Hall–Kier alpha value is -1.76. The number of aliphatic imine (C=N–C) groups is 1. The fourth-order valence-electron chi connectivity index (χ4n) is 1.06. The number of nitrogens with one attached hydrogen (secondary N) is 1. The quantitative estimate of drug-likeness (QED) is 0.340. The summed E-state index contributed by atoms with van der Waals surface area (Å²) in [5.41, 5.74) is 7.48. The van der Waals surface area contributed by atoms with Gasteiger partial charge < -0.3 is 26.2 Å². The van der Waals surface area contributed by atoms with Crippen molar-refractivity contribution < 1.29 is 51.1 Å². The van der Waals surface area contributed by atoms with Crippen molar-refractivity contribution in [3.8, 4) is 5.75 Å². The van der Waals surface area contributed by atoms with E-state index in [4.69, 9.17) is 21.1 Å². The smallest absolute Gasteiger partial charge is 0.314 e. The minimum Gasteiger partial charge on any atom is -0.675 e. The molecule has 1 unspecified atom stereocenters. The van der Waals surface area contributed by atoms with Crippen LogP contribution in [0.4, 0.5) is 0 Å². The molecule has 8 nitrogen and oxygen atoms in total. The van der Waals surface area contributed by atoms with E-state index in [2.05, 4.69) is 4.99 Å². The zero-order chi connectivity index (χ0) is 16.3. The van der Waals surface area contributed by atoms with Gasteiger partial charge in [-0.3, -0.25) is 14.6 Å². The predicted molar refractivity (Wildman–Crippen MR) is 75.7 cm³/mol. The van der Waals surface area contributed by atoms with E-state index in [1.807, 2.05) is 0 Å². The molecule has 1 aromatic rings. The molecule has 1 rings (SSSR count). The van der Waals surface area contributed by atoms with Crippen LogP contribution in [0.25, 0.3) is 5.73 Å². The van der Waals surface area contributed by atoms with Crippen molar-refractivity contribution in [2.45, 2.75) is 12.5 Å². The van der Waals surface area contributed by atoms with Crippen LogP contribution in [0.1, 0.15) is 12.0 Å². The second kappa shape index (κ2) is 12.9. The molecule has 0 saturated carbocycles. The van der Waals surface area contributed by atoms with Crippen molar-refractivity contribution in [1.29, 1.82) is 0 Å². The molecular weight excluding hydrogens is 475 g/mol. The van der Waals surface area contributed by atoms with Crippen LogP contribution in [-0.4, -0.2) is 57.8 Å². The van der Waals surface area contributed by atoms with E-state index in [0.29, 0.717) is 5.56 Å². The average molecular weight is 492 g/mol. The first kappa shape index (κ1) is 22.5. The van der Waals surface area contributed by atoms with E-state index in [1.165, 1.54) is 6.21 Å². The Balaban J connectivity index is 0. The molecule has 0 spiro atoms. The zero-order valence-electron chi connectivity index (χ0n) is 11.5. The Morgan fingerprint density at radius 1 is 1.23 bits per heavy atom. The van der Waals surface area contributed by atoms with Gasteiger partial charge in [0.1, 0.15) is 12.2 Å². The Labute approximate surface area is 141 Å². The number of rotatable bonds is 6. The molecule has 0 amide bonds. The summed E-state index contributed by atoms with van der Waals surface area (Å²) in [6.45, 7) is 0.135. The summed E-state index contributed by atoms with van der Waals surface area (Å²) in [7, 11) is 0. The Morgan fingerprint density at radius 2 is 1.77 bits per heavy atom. The average Bonchev–Trinajstić information content (AvgIpc) is 2.40. The molecule has 0 radical (unpaired) electrons. The monoisotopic (exact) mass is 492 g/mol. The Bertz CT molecular complexity index is 483. The molecule has 22 heavy (non-hydrogen) atoms. The number of aliphatic carboxylic acids is 2. The first-order valence-corrected chi connectivity index (χ1v) is 5.90. The number of phenolic OH excluding ortho intramolecular Hbond substituents is 1. The molecule has 0 aliphatic heterocycles. The first-order valence-electron chi connectivity index (χ1n) is 5.90. The molecule has 1 atom stereocenters. The van der Waals surface area contributed by atoms with Gasteiger partial charge in [-0.15, -0.1) is 6.54 Å². The van der Waals surface area contributed by atoms with Crippen molar-refractivity contribution in [2.24, 2.45) is 4.99 Å². The number of carboxylic acids is 2. The van der Waals surface area contributed by atoms with Gasteiger partial charge in [0.2, 0.25) is 0 Å². The van der Waals surface area contributed by atoms with Crippen LogP contribution >= 0.6 is 0 Å². The normalized spacial score (nSPS) is 11.0. The molecule has 0 saturated heterocycles. The number of carbonyl (C=O) groups is 2. The van der Waals surface area contributed by atoms with E-state index < -0.39 is 24.5 Å². The summed E-state index contributed by atoms with van der Waals surface area (Å²) in [5.74, 6) is -2.46. The summed E-state index contributed by atoms with van der Waals surface area (Å²) < 4.78 is 0. The van der Waals surface area contributed by atoms with Crippen molar-refractivity contribution in [2.75, 3.05) is 13.1 Å². The van der Waals surface area contributed by atoms with Gasteiger partial charge in [0, 0.05) is 32.8 Å². The number of aliphatic hydroxyl groups excluding tert-OH is 1. The van der Waals surface area contributed by atoms with E-state index in [9.17, 15) is 14.7 Å². The van der Waals surface area contributed by atoms with Crippen LogP contribution < -0.4 is 0 Å². The van der Waals surface area contributed by atoms with Crippen LogP contribution in [0.15, 0.2) is 29.3 Å². The summed E-state index contributed by atoms with van der Waals surface area (Å²) in [6.07, 6.45) is -0.0362. The first-order chi connectivity index (χ1) is 9.86. The number of hydrogen-bond donors (Lipinski definition) is 4. The van der Waals surface area contributed by atoms with Crippen LogP contribution in [-0.2, 0) is 30.7 Å². The van der Waals surface area contributed by atoms with Gasteiger partial charge in [-0.1, -0.05) is 12.1 Å². The maximum atomic E-state index is 9.43. The van der Waals surface area contributed by atoms with E-state index in [0.717, 1.165) is 0 Å². The van der Waals surface area contributed by atoms with Gasteiger partial charge >= 0.3 is 11.9 Å². The second-order valence-electron chi connectivity index (χ2n) is 3.88. The number of hydrogen-bond acceptors (Lipinski definition) is 5. The van der Waals surface area contributed by atoms with Gasteiger partial charge in [0.15, 0.2) is 0 Å². The van der Waals surface area contributed by atoms with Gasteiger partial charge in [0.05, 0.1) is 12.6 Å². The molecule has 9 heteroatoms. The largest absolute Gasteiger partial charge is 0.675 e. The predicted octanol–water partition coefficient (Wildman–Crippen LogP) is 0.767. The van der Waals surface area contributed by atoms with Gasteiger partial charge in [0.25, 0.3) is 0 Å². The summed E-state index contributed by atoms with van der Waals surface area (Å²) >= 11 is 0. The molecule has 0 aromatic heterocycles. The topological polar surface area (TPSA) is 151 Å². The van der Waals surface area contributed by atoms with Gasteiger partial charge in [-0.2, -0.15) is 0 Å². The van der Waals surface area contributed by atoms with Crippen molar-refractivity contribution in [3.05, 3.63) is 35.6 Å². The maximum absolute atomic E-state index is 9.43. The third-order valence-electron chi connectivity index (χ3n) is 2.02. The Kier molecular flexibility index (Phi) is 13.2. The van der Waals surface area contributed by atoms with Gasteiger partial charge in [-0.05, 0) is 12.1 Å². The van der Waals surface area contributed by atoms with Crippen molar-refractivity contribution in [3.63, 3.8) is 0 Å². The number of phenols is 1. The fourth-order valence-corrected chi connectivity index (χ4v) is 1.06. The third-order valence-corrected chi connectivity index (χ3v) is 2.02. The number of carboxylic acid groups (broad SMARTS) is 2. The van der Waals surface area contributed by atoms with Crippen LogP contribution in [0.5, 0.6) is 5.75 Å². The fraction of sp³-hybridized carbons (Fsp3) is 0.308.